The Balaban J connectivity index is 2.21. The highest BCUT2D eigenvalue weighted by Crippen LogP contribution is 2.07. The van der Waals surface area contributed by atoms with Gasteiger partial charge in [0.2, 0.25) is 0 Å². The number of likely N-dealkylation sites (N-methyl/N-ethyl adjacent to an activating group) is 1. The van der Waals surface area contributed by atoms with Crippen LogP contribution >= 0.6 is 0 Å². The fraction of sp³-hybridized carbons (Fsp3) is 0.611. The van der Waals surface area contributed by atoms with Crippen molar-refractivity contribution in [2.75, 3.05) is 60.1 Å². The van der Waals surface area contributed by atoms with Crippen molar-refractivity contribution in [3.63, 3.8) is 0 Å². The number of ether oxygens (including phenoxy) is 2. The van der Waals surface area contributed by atoms with Crippen LogP contribution in [0.1, 0.15) is 13.3 Å². The first-order valence-corrected chi connectivity index (χ1v) is 8.63. The molecule has 0 bridgehead atoms. The molecule has 6 heteroatoms. The Kier molecular flexibility index (Phi) is 11.5. The maximum Gasteiger partial charge on any atom is 0.191 e. The molecule has 0 heterocycles. The van der Waals surface area contributed by atoms with Gasteiger partial charge in [0, 0.05) is 33.4 Å². The molecule has 0 fully saturated rings. The summed E-state index contributed by atoms with van der Waals surface area (Å²) in [6, 6.07) is 9.83. The average molecular weight is 336 g/mol. The van der Waals surface area contributed by atoms with Gasteiger partial charge in [0.05, 0.1) is 13.1 Å². The Bertz CT molecular complexity index is 440. The summed E-state index contributed by atoms with van der Waals surface area (Å²) in [5.41, 5.74) is 0. The van der Waals surface area contributed by atoms with Crippen LogP contribution < -0.4 is 15.4 Å². The van der Waals surface area contributed by atoms with Gasteiger partial charge in [0.25, 0.3) is 0 Å². The van der Waals surface area contributed by atoms with Gasteiger partial charge in [-0.2, -0.15) is 0 Å². The van der Waals surface area contributed by atoms with E-state index in [4.69, 9.17) is 9.47 Å². The van der Waals surface area contributed by atoms with E-state index in [0.29, 0.717) is 13.2 Å². The molecule has 0 amide bonds. The van der Waals surface area contributed by atoms with Gasteiger partial charge in [-0.15, -0.1) is 0 Å². The molecular weight excluding hydrogens is 304 g/mol. The van der Waals surface area contributed by atoms with Crippen molar-refractivity contribution in [3.8, 4) is 5.75 Å². The summed E-state index contributed by atoms with van der Waals surface area (Å²) < 4.78 is 10.7. The minimum Gasteiger partial charge on any atom is -0.492 e. The smallest absolute Gasteiger partial charge is 0.191 e. The zero-order valence-corrected chi connectivity index (χ0v) is 15.3. The summed E-state index contributed by atoms with van der Waals surface area (Å²) in [6.07, 6.45) is 1.05. The summed E-state index contributed by atoms with van der Waals surface area (Å²) in [4.78, 5) is 6.86. The number of para-hydroxylation sites is 1. The van der Waals surface area contributed by atoms with Crippen LogP contribution in [0.4, 0.5) is 0 Å². The van der Waals surface area contributed by atoms with Crippen molar-refractivity contribution < 1.29 is 9.47 Å². The maximum absolute atomic E-state index is 5.67. The van der Waals surface area contributed by atoms with E-state index in [1.807, 2.05) is 30.3 Å². The Morgan fingerprint density at radius 3 is 2.62 bits per heavy atom. The third-order valence-corrected chi connectivity index (χ3v) is 3.39. The maximum atomic E-state index is 5.67. The van der Waals surface area contributed by atoms with Gasteiger partial charge in [-0.25, -0.2) is 0 Å². The van der Waals surface area contributed by atoms with E-state index < -0.39 is 0 Å². The number of nitrogens with zero attached hydrogens (tertiary/aromatic N) is 2. The lowest BCUT2D eigenvalue weighted by molar-refractivity contribution is 0.180. The van der Waals surface area contributed by atoms with Crippen LogP contribution in [0.5, 0.6) is 5.75 Å². The second-order valence-corrected chi connectivity index (χ2v) is 5.50. The van der Waals surface area contributed by atoms with Crippen LogP contribution in [-0.2, 0) is 4.74 Å². The first-order chi connectivity index (χ1) is 11.8. The Labute approximate surface area is 146 Å². The predicted molar refractivity (Wildman–Crippen MR) is 99.9 cm³/mol. The van der Waals surface area contributed by atoms with E-state index >= 15 is 0 Å². The van der Waals surface area contributed by atoms with Crippen LogP contribution in [0.25, 0.3) is 0 Å². The molecule has 0 aliphatic carbocycles. The number of aliphatic imine (C=N–C) groups is 1. The molecule has 0 spiro atoms. The fourth-order valence-electron chi connectivity index (χ4n) is 2.12. The van der Waals surface area contributed by atoms with Gasteiger partial charge in [0.15, 0.2) is 5.96 Å². The second-order valence-electron chi connectivity index (χ2n) is 5.50. The molecule has 0 atom stereocenters. The minimum absolute atomic E-state index is 0.603. The van der Waals surface area contributed by atoms with E-state index in [1.54, 1.807) is 7.11 Å². The second kappa shape index (κ2) is 13.6. The highest BCUT2D eigenvalue weighted by Gasteiger charge is 2.00. The van der Waals surface area contributed by atoms with E-state index in [1.165, 1.54) is 0 Å². The summed E-state index contributed by atoms with van der Waals surface area (Å²) in [5.74, 6) is 1.72. The quantitative estimate of drug-likeness (QED) is 0.345. The van der Waals surface area contributed by atoms with Crippen LogP contribution in [0.15, 0.2) is 35.3 Å². The third-order valence-electron chi connectivity index (χ3n) is 3.39. The molecule has 0 saturated heterocycles. The first-order valence-electron chi connectivity index (χ1n) is 8.63. The van der Waals surface area contributed by atoms with Crippen LogP contribution in [-0.4, -0.2) is 71.0 Å². The average Bonchev–Trinajstić information content (AvgIpc) is 2.60. The van der Waals surface area contributed by atoms with E-state index in [9.17, 15) is 0 Å². The van der Waals surface area contributed by atoms with Gasteiger partial charge in [-0.3, -0.25) is 4.99 Å². The summed E-state index contributed by atoms with van der Waals surface area (Å²) >= 11 is 0. The molecule has 0 aliphatic rings. The van der Waals surface area contributed by atoms with Gasteiger partial charge >= 0.3 is 0 Å². The Morgan fingerprint density at radius 2 is 1.92 bits per heavy atom. The molecule has 6 nitrogen and oxygen atoms in total. The van der Waals surface area contributed by atoms with Crippen molar-refractivity contribution in [2.45, 2.75) is 13.3 Å². The van der Waals surface area contributed by atoms with Crippen LogP contribution in [0.3, 0.4) is 0 Å². The molecule has 0 aliphatic heterocycles. The number of hydrogen-bond donors (Lipinski definition) is 2. The largest absolute Gasteiger partial charge is 0.492 e. The first kappa shape index (κ1) is 20.3. The van der Waals surface area contributed by atoms with E-state index in [2.05, 4.69) is 34.5 Å². The fourth-order valence-corrected chi connectivity index (χ4v) is 2.12. The predicted octanol–water partition coefficient (Wildman–Crippen LogP) is 1.59. The molecule has 136 valence electrons. The van der Waals surface area contributed by atoms with Crippen molar-refractivity contribution in [3.05, 3.63) is 30.3 Å². The molecule has 0 unspecified atom stereocenters. The van der Waals surface area contributed by atoms with Crippen LogP contribution in [0.2, 0.25) is 0 Å². The van der Waals surface area contributed by atoms with Gasteiger partial charge in [-0.05, 0) is 32.5 Å². The Hall–Kier alpha value is -1.79. The van der Waals surface area contributed by atoms with Crippen molar-refractivity contribution in [2.24, 2.45) is 4.99 Å². The number of guanidine groups is 1. The third kappa shape index (κ3) is 10.1. The SMILES string of the molecule is CCNC(=NCCN(C)CCCOC)NCCOc1ccccc1. The van der Waals surface area contributed by atoms with Crippen molar-refractivity contribution in [1.82, 2.24) is 15.5 Å². The molecular formula is C18H32N4O2. The van der Waals surface area contributed by atoms with Crippen LogP contribution in [0, 0.1) is 0 Å². The van der Waals surface area contributed by atoms with E-state index in [0.717, 1.165) is 50.9 Å². The summed E-state index contributed by atoms with van der Waals surface area (Å²) in [5, 5.41) is 6.54. The number of nitrogens with one attached hydrogen (secondary N) is 2. The lowest BCUT2D eigenvalue weighted by Gasteiger charge is -2.16. The van der Waals surface area contributed by atoms with Gasteiger partial charge in [0.1, 0.15) is 12.4 Å². The molecule has 2 N–H and O–H groups in total. The molecule has 1 aromatic rings. The molecule has 0 aromatic heterocycles. The van der Waals surface area contributed by atoms with E-state index in [-0.39, 0.29) is 0 Å². The summed E-state index contributed by atoms with van der Waals surface area (Å²) in [7, 11) is 3.85. The monoisotopic (exact) mass is 336 g/mol. The highest BCUT2D eigenvalue weighted by atomic mass is 16.5. The zero-order valence-electron chi connectivity index (χ0n) is 15.3. The molecule has 1 aromatic carbocycles. The lowest BCUT2D eigenvalue weighted by Crippen LogP contribution is -2.39. The van der Waals surface area contributed by atoms with Gasteiger partial charge in [-0.1, -0.05) is 18.2 Å². The topological polar surface area (TPSA) is 58.1 Å². The molecule has 24 heavy (non-hydrogen) atoms. The normalized spacial score (nSPS) is 11.6. The standard InChI is InChI=1S/C18H32N4O2/c1-4-19-18(20-11-14-22(2)13-8-15-23-3)21-12-16-24-17-9-6-5-7-10-17/h5-7,9-10H,4,8,11-16H2,1-3H3,(H2,19,20,21). The zero-order chi connectivity index (χ0) is 17.5. The molecule has 0 saturated carbocycles. The van der Waals surface area contributed by atoms with Gasteiger partial charge < -0.3 is 25.0 Å². The summed E-state index contributed by atoms with van der Waals surface area (Å²) in [6.45, 7) is 7.75. The number of benzene rings is 1. The number of rotatable bonds is 12. The van der Waals surface area contributed by atoms with Crippen molar-refractivity contribution in [1.29, 1.82) is 0 Å². The van der Waals surface area contributed by atoms with Crippen molar-refractivity contribution >= 4 is 5.96 Å². The minimum atomic E-state index is 0.603. The lowest BCUT2D eigenvalue weighted by atomic mass is 10.3. The Morgan fingerprint density at radius 1 is 1.12 bits per heavy atom. The number of methoxy groups -OCH3 is 1. The molecule has 0 radical (unpaired) electrons. The highest BCUT2D eigenvalue weighted by molar-refractivity contribution is 5.79. The number of hydrogen-bond acceptors (Lipinski definition) is 4. The molecule has 1 rings (SSSR count).